The van der Waals surface area contributed by atoms with Crippen LogP contribution in [0.25, 0.3) is 11.2 Å². The Morgan fingerprint density at radius 2 is 2.12 bits per heavy atom. The molecule has 0 amide bonds. The Hall–Kier alpha value is -1.65. The second-order valence-electron chi connectivity index (χ2n) is 4.42. The van der Waals surface area contributed by atoms with Gasteiger partial charge in [-0.15, -0.1) is 0 Å². The molecular weight excluding hydrogens is 214 g/mol. The van der Waals surface area contributed by atoms with Gasteiger partial charge in [0, 0.05) is 12.6 Å². The van der Waals surface area contributed by atoms with Crippen molar-refractivity contribution in [2.24, 2.45) is 0 Å². The van der Waals surface area contributed by atoms with E-state index in [9.17, 15) is 0 Å². The van der Waals surface area contributed by atoms with Gasteiger partial charge in [0.2, 0.25) is 0 Å². The van der Waals surface area contributed by atoms with Gasteiger partial charge in [0.15, 0.2) is 11.5 Å². The molecule has 0 radical (unpaired) electrons. The summed E-state index contributed by atoms with van der Waals surface area (Å²) in [7, 11) is 0. The van der Waals surface area contributed by atoms with Gasteiger partial charge < -0.3 is 9.88 Å². The molecule has 0 fully saturated rings. The van der Waals surface area contributed by atoms with Crippen LogP contribution in [-0.2, 0) is 0 Å². The third-order valence-corrected chi connectivity index (χ3v) is 2.74. The molecule has 2 aromatic heterocycles. The summed E-state index contributed by atoms with van der Waals surface area (Å²) in [5.41, 5.74) is 1.76. The highest BCUT2D eigenvalue weighted by Crippen LogP contribution is 2.20. The maximum absolute atomic E-state index is 4.39. The van der Waals surface area contributed by atoms with Crippen LogP contribution in [0.2, 0.25) is 0 Å². The third-order valence-electron chi connectivity index (χ3n) is 2.74. The minimum Gasteiger partial charge on any atom is -0.368 e. The molecule has 0 aromatic carbocycles. The zero-order valence-electron chi connectivity index (χ0n) is 10.6. The molecule has 0 aliphatic heterocycles. The lowest BCUT2D eigenvalue weighted by Gasteiger charge is -2.08. The van der Waals surface area contributed by atoms with E-state index >= 15 is 0 Å². The summed E-state index contributed by atoms with van der Waals surface area (Å²) in [5, 5.41) is 3.31. The molecule has 2 heterocycles. The summed E-state index contributed by atoms with van der Waals surface area (Å²) >= 11 is 0. The summed E-state index contributed by atoms with van der Waals surface area (Å²) in [6.07, 6.45) is 5.73. The summed E-state index contributed by atoms with van der Waals surface area (Å²) in [4.78, 5) is 12.9. The summed E-state index contributed by atoms with van der Waals surface area (Å²) in [6, 6.07) is 0.360. The van der Waals surface area contributed by atoms with Gasteiger partial charge >= 0.3 is 0 Å². The first-order valence-electron chi connectivity index (χ1n) is 6.15. The highest BCUT2D eigenvalue weighted by molar-refractivity contribution is 5.82. The van der Waals surface area contributed by atoms with E-state index < -0.39 is 0 Å². The predicted molar refractivity (Wildman–Crippen MR) is 69.1 cm³/mol. The fraction of sp³-hybridized carbons (Fsp3) is 0.583. The standard InChI is InChI=1S/C12H19N5/c1-4-5-6-13-11-10-12(15-7-14-11)17(8-16-10)9(2)3/h7-9H,4-6H2,1-3H3,(H,13,14,15). The van der Waals surface area contributed by atoms with Crippen molar-refractivity contribution in [3.05, 3.63) is 12.7 Å². The van der Waals surface area contributed by atoms with Crippen LogP contribution in [0.4, 0.5) is 5.82 Å². The minimum atomic E-state index is 0.360. The molecule has 0 saturated carbocycles. The third kappa shape index (κ3) is 2.38. The molecular formula is C12H19N5. The van der Waals surface area contributed by atoms with Crippen molar-refractivity contribution in [1.29, 1.82) is 0 Å². The molecule has 5 heteroatoms. The van der Waals surface area contributed by atoms with Crippen LogP contribution in [0.3, 0.4) is 0 Å². The molecule has 2 rings (SSSR count). The quantitative estimate of drug-likeness (QED) is 0.806. The second kappa shape index (κ2) is 5.12. The topological polar surface area (TPSA) is 55.6 Å². The van der Waals surface area contributed by atoms with Crippen molar-refractivity contribution in [3.8, 4) is 0 Å². The lowest BCUT2D eigenvalue weighted by Crippen LogP contribution is -2.05. The van der Waals surface area contributed by atoms with Crippen LogP contribution in [0.1, 0.15) is 39.7 Å². The van der Waals surface area contributed by atoms with Crippen molar-refractivity contribution < 1.29 is 0 Å². The van der Waals surface area contributed by atoms with Gasteiger partial charge in [0.25, 0.3) is 0 Å². The van der Waals surface area contributed by atoms with Crippen LogP contribution >= 0.6 is 0 Å². The molecule has 0 bridgehead atoms. The molecule has 0 unspecified atom stereocenters. The molecule has 0 aliphatic rings. The number of imidazole rings is 1. The van der Waals surface area contributed by atoms with E-state index in [1.54, 1.807) is 6.33 Å². The fourth-order valence-electron chi connectivity index (χ4n) is 1.74. The van der Waals surface area contributed by atoms with Gasteiger partial charge in [-0.05, 0) is 20.3 Å². The Morgan fingerprint density at radius 1 is 1.29 bits per heavy atom. The van der Waals surface area contributed by atoms with Crippen LogP contribution < -0.4 is 5.32 Å². The SMILES string of the molecule is CCCCNc1ncnc2c1ncn2C(C)C. The maximum atomic E-state index is 4.39. The number of hydrogen-bond donors (Lipinski definition) is 1. The molecule has 92 valence electrons. The Morgan fingerprint density at radius 3 is 2.82 bits per heavy atom. The van der Waals surface area contributed by atoms with Crippen molar-refractivity contribution in [2.45, 2.75) is 39.7 Å². The van der Waals surface area contributed by atoms with Gasteiger partial charge in [-0.1, -0.05) is 13.3 Å². The van der Waals surface area contributed by atoms with Crippen LogP contribution in [-0.4, -0.2) is 26.1 Å². The molecule has 1 N–H and O–H groups in total. The predicted octanol–water partition coefficient (Wildman–Crippen LogP) is 2.62. The number of rotatable bonds is 5. The van der Waals surface area contributed by atoms with Crippen molar-refractivity contribution in [2.75, 3.05) is 11.9 Å². The number of unbranched alkanes of at least 4 members (excludes halogenated alkanes) is 1. The summed E-state index contributed by atoms with van der Waals surface area (Å²) in [6.45, 7) is 7.34. The highest BCUT2D eigenvalue weighted by Gasteiger charge is 2.10. The number of aromatic nitrogens is 4. The van der Waals surface area contributed by atoms with Gasteiger partial charge in [0.1, 0.15) is 11.8 Å². The molecule has 0 spiro atoms. The van der Waals surface area contributed by atoms with E-state index in [-0.39, 0.29) is 0 Å². The molecule has 0 atom stereocenters. The van der Waals surface area contributed by atoms with Crippen LogP contribution in [0, 0.1) is 0 Å². The Kier molecular flexibility index (Phi) is 3.56. The summed E-state index contributed by atoms with van der Waals surface area (Å²) < 4.78 is 2.06. The first-order valence-corrected chi connectivity index (χ1v) is 6.15. The summed E-state index contributed by atoms with van der Waals surface area (Å²) in [5.74, 6) is 0.836. The number of fused-ring (bicyclic) bond motifs is 1. The normalized spacial score (nSPS) is 11.3. The van der Waals surface area contributed by atoms with Gasteiger partial charge in [0.05, 0.1) is 6.33 Å². The lowest BCUT2D eigenvalue weighted by atomic mass is 10.3. The second-order valence-corrected chi connectivity index (χ2v) is 4.42. The monoisotopic (exact) mass is 233 g/mol. The van der Waals surface area contributed by atoms with Crippen molar-refractivity contribution in [3.63, 3.8) is 0 Å². The Balaban J connectivity index is 2.31. The molecule has 5 nitrogen and oxygen atoms in total. The number of nitrogens with zero attached hydrogens (tertiary/aromatic N) is 4. The van der Waals surface area contributed by atoms with Crippen LogP contribution in [0.5, 0.6) is 0 Å². The maximum Gasteiger partial charge on any atom is 0.165 e. The fourth-order valence-corrected chi connectivity index (χ4v) is 1.74. The lowest BCUT2D eigenvalue weighted by molar-refractivity contribution is 0.612. The molecule has 0 saturated heterocycles. The minimum absolute atomic E-state index is 0.360. The smallest absolute Gasteiger partial charge is 0.165 e. The van der Waals surface area contributed by atoms with E-state index in [1.807, 2.05) is 6.33 Å². The Bertz CT molecular complexity index is 489. The molecule has 0 aliphatic carbocycles. The van der Waals surface area contributed by atoms with Crippen molar-refractivity contribution in [1.82, 2.24) is 19.5 Å². The average Bonchev–Trinajstić information content (AvgIpc) is 2.74. The highest BCUT2D eigenvalue weighted by atomic mass is 15.2. The van der Waals surface area contributed by atoms with Crippen LogP contribution in [0.15, 0.2) is 12.7 Å². The largest absolute Gasteiger partial charge is 0.368 e. The van der Waals surface area contributed by atoms with E-state index in [4.69, 9.17) is 0 Å². The van der Waals surface area contributed by atoms with Crippen molar-refractivity contribution >= 4 is 17.0 Å². The average molecular weight is 233 g/mol. The zero-order chi connectivity index (χ0) is 12.3. The number of nitrogens with one attached hydrogen (secondary N) is 1. The first-order chi connectivity index (χ1) is 8.24. The molecule has 17 heavy (non-hydrogen) atoms. The van der Waals surface area contributed by atoms with E-state index in [1.165, 1.54) is 6.42 Å². The van der Waals surface area contributed by atoms with Gasteiger partial charge in [-0.25, -0.2) is 15.0 Å². The van der Waals surface area contributed by atoms with E-state index in [0.717, 1.165) is 29.9 Å². The van der Waals surface area contributed by atoms with E-state index in [2.05, 4.69) is 45.6 Å². The van der Waals surface area contributed by atoms with E-state index in [0.29, 0.717) is 6.04 Å². The molecule has 2 aromatic rings. The zero-order valence-corrected chi connectivity index (χ0v) is 10.6. The van der Waals surface area contributed by atoms with Gasteiger partial charge in [-0.2, -0.15) is 0 Å². The van der Waals surface area contributed by atoms with Gasteiger partial charge in [-0.3, -0.25) is 0 Å². The number of hydrogen-bond acceptors (Lipinski definition) is 4. The number of anilines is 1. The Labute approximate surface area is 101 Å². The first kappa shape index (κ1) is 11.8.